The molecular formula is C18H32O3. The minimum Gasteiger partial charge on any atom is -0.462 e. The Hall–Kier alpha value is -0.570. The standard InChI is InChI=1S/C18H32O3/c1-4-14-5-9-17(10-6-14)21-18(19)15-7-11-16(12-8-15)20-13(2)3/h13-17H,4-12H2,1-3H3. The molecule has 2 rings (SSSR count). The Kier molecular flexibility index (Phi) is 6.53. The van der Waals surface area contributed by atoms with Gasteiger partial charge in [-0.3, -0.25) is 4.79 Å². The van der Waals surface area contributed by atoms with E-state index in [2.05, 4.69) is 20.8 Å². The number of carbonyl (C=O) groups excluding carboxylic acids is 1. The predicted molar refractivity (Wildman–Crippen MR) is 84.1 cm³/mol. The summed E-state index contributed by atoms with van der Waals surface area (Å²) in [5.74, 6) is 1.02. The van der Waals surface area contributed by atoms with Crippen molar-refractivity contribution in [2.45, 2.75) is 96.9 Å². The Balaban J connectivity index is 1.68. The normalized spacial score (nSPS) is 33.9. The Morgan fingerprint density at radius 1 is 0.952 bits per heavy atom. The molecule has 0 aliphatic heterocycles. The van der Waals surface area contributed by atoms with Gasteiger partial charge in [0.15, 0.2) is 0 Å². The molecule has 2 fully saturated rings. The molecular weight excluding hydrogens is 264 g/mol. The Morgan fingerprint density at radius 2 is 1.52 bits per heavy atom. The molecule has 0 aromatic rings. The van der Waals surface area contributed by atoms with Crippen molar-refractivity contribution in [3.05, 3.63) is 0 Å². The first-order valence-corrected chi connectivity index (χ1v) is 8.94. The Bertz CT molecular complexity index is 310. The molecule has 0 N–H and O–H groups in total. The van der Waals surface area contributed by atoms with Crippen LogP contribution in [0.4, 0.5) is 0 Å². The van der Waals surface area contributed by atoms with Crippen molar-refractivity contribution in [1.29, 1.82) is 0 Å². The van der Waals surface area contributed by atoms with Crippen LogP contribution in [0.3, 0.4) is 0 Å². The summed E-state index contributed by atoms with van der Waals surface area (Å²) in [6.07, 6.45) is 10.5. The summed E-state index contributed by atoms with van der Waals surface area (Å²) in [5, 5.41) is 0. The topological polar surface area (TPSA) is 35.5 Å². The number of ether oxygens (including phenoxy) is 2. The van der Waals surface area contributed by atoms with E-state index in [1.165, 1.54) is 19.3 Å². The maximum absolute atomic E-state index is 12.3. The highest BCUT2D eigenvalue weighted by Crippen LogP contribution is 2.31. The molecule has 3 nitrogen and oxygen atoms in total. The summed E-state index contributed by atoms with van der Waals surface area (Å²) in [6, 6.07) is 0. The van der Waals surface area contributed by atoms with E-state index in [0.29, 0.717) is 6.10 Å². The quantitative estimate of drug-likeness (QED) is 0.702. The van der Waals surface area contributed by atoms with E-state index in [4.69, 9.17) is 9.47 Å². The van der Waals surface area contributed by atoms with Gasteiger partial charge in [0, 0.05) is 0 Å². The van der Waals surface area contributed by atoms with Gasteiger partial charge in [0.1, 0.15) is 6.10 Å². The summed E-state index contributed by atoms with van der Waals surface area (Å²) in [4.78, 5) is 12.3. The number of carbonyl (C=O) groups is 1. The molecule has 0 heterocycles. The van der Waals surface area contributed by atoms with Gasteiger partial charge in [0.25, 0.3) is 0 Å². The molecule has 0 aromatic heterocycles. The predicted octanol–water partition coefficient (Wildman–Crippen LogP) is 4.48. The second-order valence-corrected chi connectivity index (χ2v) is 7.15. The third-order valence-electron chi connectivity index (χ3n) is 5.13. The van der Waals surface area contributed by atoms with Crippen LogP contribution in [0.25, 0.3) is 0 Å². The van der Waals surface area contributed by atoms with Crippen LogP contribution < -0.4 is 0 Å². The van der Waals surface area contributed by atoms with E-state index in [1.807, 2.05) is 0 Å². The van der Waals surface area contributed by atoms with Crippen molar-refractivity contribution in [3.63, 3.8) is 0 Å². The minimum atomic E-state index is 0.0537. The summed E-state index contributed by atoms with van der Waals surface area (Å²) in [7, 11) is 0. The van der Waals surface area contributed by atoms with E-state index in [0.717, 1.165) is 44.4 Å². The fourth-order valence-corrected chi connectivity index (χ4v) is 3.74. The van der Waals surface area contributed by atoms with Gasteiger partial charge in [-0.15, -0.1) is 0 Å². The van der Waals surface area contributed by atoms with E-state index in [9.17, 15) is 4.79 Å². The Morgan fingerprint density at radius 3 is 2.05 bits per heavy atom. The lowest BCUT2D eigenvalue weighted by molar-refractivity contribution is -0.158. The van der Waals surface area contributed by atoms with Crippen molar-refractivity contribution in [2.75, 3.05) is 0 Å². The van der Waals surface area contributed by atoms with Crippen molar-refractivity contribution < 1.29 is 14.3 Å². The molecule has 0 atom stereocenters. The highest BCUT2D eigenvalue weighted by Gasteiger charge is 2.30. The summed E-state index contributed by atoms with van der Waals surface area (Å²) >= 11 is 0. The Labute approximate surface area is 129 Å². The van der Waals surface area contributed by atoms with Gasteiger partial charge in [-0.2, -0.15) is 0 Å². The van der Waals surface area contributed by atoms with Crippen molar-refractivity contribution in [3.8, 4) is 0 Å². The molecule has 122 valence electrons. The van der Waals surface area contributed by atoms with Crippen LogP contribution in [0.1, 0.15) is 78.6 Å². The van der Waals surface area contributed by atoms with Crippen molar-refractivity contribution in [2.24, 2.45) is 11.8 Å². The highest BCUT2D eigenvalue weighted by atomic mass is 16.5. The van der Waals surface area contributed by atoms with Gasteiger partial charge >= 0.3 is 5.97 Å². The first-order chi connectivity index (χ1) is 10.1. The average Bonchev–Trinajstić information content (AvgIpc) is 2.48. The molecule has 0 amide bonds. The molecule has 0 aromatic carbocycles. The van der Waals surface area contributed by atoms with Crippen molar-refractivity contribution in [1.82, 2.24) is 0 Å². The molecule has 2 saturated carbocycles. The number of esters is 1. The maximum Gasteiger partial charge on any atom is 0.309 e. The molecule has 2 aliphatic carbocycles. The van der Waals surface area contributed by atoms with E-state index < -0.39 is 0 Å². The van der Waals surface area contributed by atoms with Crippen LogP contribution in [-0.4, -0.2) is 24.3 Å². The van der Waals surface area contributed by atoms with E-state index in [-0.39, 0.29) is 24.1 Å². The van der Waals surface area contributed by atoms with Crippen LogP contribution in [0, 0.1) is 11.8 Å². The van der Waals surface area contributed by atoms with E-state index >= 15 is 0 Å². The summed E-state index contributed by atoms with van der Waals surface area (Å²) in [5.41, 5.74) is 0. The zero-order chi connectivity index (χ0) is 15.2. The lowest BCUT2D eigenvalue weighted by Crippen LogP contribution is -2.32. The second-order valence-electron chi connectivity index (χ2n) is 7.15. The smallest absolute Gasteiger partial charge is 0.309 e. The third kappa shape index (κ3) is 5.28. The average molecular weight is 296 g/mol. The van der Waals surface area contributed by atoms with Gasteiger partial charge in [-0.1, -0.05) is 13.3 Å². The molecule has 3 heteroatoms. The van der Waals surface area contributed by atoms with Crippen LogP contribution in [0.2, 0.25) is 0 Å². The maximum atomic E-state index is 12.3. The van der Waals surface area contributed by atoms with Gasteiger partial charge in [0.2, 0.25) is 0 Å². The lowest BCUT2D eigenvalue weighted by Gasteiger charge is -2.31. The SMILES string of the molecule is CCC1CCC(OC(=O)C2CCC(OC(C)C)CC2)CC1. The second kappa shape index (κ2) is 8.17. The lowest BCUT2D eigenvalue weighted by atomic mass is 9.85. The van der Waals surface area contributed by atoms with Crippen LogP contribution in [0.5, 0.6) is 0 Å². The van der Waals surface area contributed by atoms with Crippen LogP contribution in [-0.2, 0) is 14.3 Å². The van der Waals surface area contributed by atoms with Gasteiger partial charge in [-0.25, -0.2) is 0 Å². The molecule has 0 saturated heterocycles. The largest absolute Gasteiger partial charge is 0.462 e. The van der Waals surface area contributed by atoms with Crippen LogP contribution >= 0.6 is 0 Å². The minimum absolute atomic E-state index is 0.0537. The first kappa shape index (κ1) is 16.8. The summed E-state index contributed by atoms with van der Waals surface area (Å²) in [6.45, 7) is 6.41. The zero-order valence-corrected chi connectivity index (χ0v) is 14.0. The van der Waals surface area contributed by atoms with E-state index in [1.54, 1.807) is 0 Å². The monoisotopic (exact) mass is 296 g/mol. The third-order valence-corrected chi connectivity index (χ3v) is 5.13. The summed E-state index contributed by atoms with van der Waals surface area (Å²) < 4.78 is 11.6. The molecule has 0 radical (unpaired) electrons. The van der Waals surface area contributed by atoms with Gasteiger partial charge < -0.3 is 9.47 Å². The number of hydrogen-bond donors (Lipinski definition) is 0. The number of hydrogen-bond acceptors (Lipinski definition) is 3. The molecule has 0 unspecified atom stereocenters. The highest BCUT2D eigenvalue weighted by molar-refractivity contribution is 5.72. The first-order valence-electron chi connectivity index (χ1n) is 8.94. The van der Waals surface area contributed by atoms with Gasteiger partial charge in [0.05, 0.1) is 18.1 Å². The van der Waals surface area contributed by atoms with Crippen molar-refractivity contribution >= 4 is 5.97 Å². The fraction of sp³-hybridized carbons (Fsp3) is 0.944. The van der Waals surface area contributed by atoms with Gasteiger partial charge in [-0.05, 0) is 71.1 Å². The molecule has 2 aliphatic rings. The molecule has 21 heavy (non-hydrogen) atoms. The fourth-order valence-electron chi connectivity index (χ4n) is 3.74. The van der Waals surface area contributed by atoms with Crippen LogP contribution in [0.15, 0.2) is 0 Å². The molecule has 0 spiro atoms. The number of rotatable bonds is 5. The molecule has 0 bridgehead atoms. The zero-order valence-electron chi connectivity index (χ0n) is 14.0.